The van der Waals surface area contributed by atoms with Crippen LogP contribution in [0.25, 0.3) is 33.9 Å². The highest BCUT2D eigenvalue weighted by atomic mass is 79.9. The lowest BCUT2D eigenvalue weighted by Gasteiger charge is -2.08. The molecule has 6 rings (SSSR count). The van der Waals surface area contributed by atoms with Crippen LogP contribution < -0.4 is 10.1 Å². The summed E-state index contributed by atoms with van der Waals surface area (Å²) in [4.78, 5) is 14.8. The van der Waals surface area contributed by atoms with E-state index in [2.05, 4.69) is 41.4 Å². The standard InChI is InChI=1S/C26H16BrClF3N7O2/c1-38-20-5-3-14(39-15-6-7-32-19(10-15)24-33-12-22(36-24)26(29,30)31)9-18(20)35-25(38)34-13-2-4-17(28)16(8-13)21-11-23(27)37-40-21/h2-12H,1H3,(H,33,36)(H,34,35). The summed E-state index contributed by atoms with van der Waals surface area (Å²) in [6.07, 6.45) is -2.38. The molecule has 0 spiro atoms. The van der Waals surface area contributed by atoms with Crippen LogP contribution in [-0.4, -0.2) is 29.7 Å². The number of pyridine rings is 1. The molecule has 0 aliphatic heterocycles. The number of nitrogens with one attached hydrogen (secondary N) is 2. The highest BCUT2D eigenvalue weighted by molar-refractivity contribution is 9.10. The number of halogens is 5. The van der Waals surface area contributed by atoms with Gasteiger partial charge in [-0.05, 0) is 52.3 Å². The molecule has 4 aromatic heterocycles. The van der Waals surface area contributed by atoms with Gasteiger partial charge in [0.25, 0.3) is 0 Å². The van der Waals surface area contributed by atoms with Gasteiger partial charge < -0.3 is 24.1 Å². The quantitative estimate of drug-likeness (QED) is 0.192. The fraction of sp³-hybridized carbons (Fsp3) is 0.0769. The highest BCUT2D eigenvalue weighted by Gasteiger charge is 2.33. The van der Waals surface area contributed by atoms with Crippen molar-refractivity contribution in [3.05, 3.63) is 82.3 Å². The molecule has 0 aliphatic rings. The van der Waals surface area contributed by atoms with Crippen molar-refractivity contribution in [1.29, 1.82) is 0 Å². The number of H-pyrrole nitrogens is 1. The van der Waals surface area contributed by atoms with Crippen LogP contribution >= 0.6 is 27.5 Å². The summed E-state index contributed by atoms with van der Waals surface area (Å²) < 4.78 is 52.5. The average Bonchev–Trinajstić information content (AvgIpc) is 3.65. The lowest BCUT2D eigenvalue weighted by Crippen LogP contribution is -2.04. The number of anilines is 2. The van der Waals surface area contributed by atoms with E-state index in [0.29, 0.717) is 43.9 Å². The number of aryl methyl sites for hydroxylation is 1. The van der Waals surface area contributed by atoms with E-state index < -0.39 is 11.9 Å². The van der Waals surface area contributed by atoms with E-state index in [9.17, 15) is 13.2 Å². The van der Waals surface area contributed by atoms with E-state index in [4.69, 9.17) is 25.8 Å². The van der Waals surface area contributed by atoms with E-state index in [1.807, 2.05) is 29.8 Å². The number of fused-ring (bicyclic) bond motifs is 1. The van der Waals surface area contributed by atoms with Crippen LogP contribution in [0.3, 0.4) is 0 Å². The van der Waals surface area contributed by atoms with Gasteiger partial charge in [0, 0.05) is 42.7 Å². The maximum Gasteiger partial charge on any atom is 0.432 e. The van der Waals surface area contributed by atoms with Gasteiger partial charge in [0.05, 0.1) is 22.3 Å². The van der Waals surface area contributed by atoms with Gasteiger partial charge in [-0.3, -0.25) is 4.98 Å². The lowest BCUT2D eigenvalue weighted by atomic mass is 10.1. The Balaban J connectivity index is 1.24. The number of rotatable bonds is 6. The molecule has 6 aromatic rings. The molecule has 0 saturated carbocycles. The fourth-order valence-corrected chi connectivity index (χ4v) is 4.48. The predicted octanol–water partition coefficient (Wildman–Crippen LogP) is 7.98. The van der Waals surface area contributed by atoms with Gasteiger partial charge in [-0.15, -0.1) is 0 Å². The van der Waals surface area contributed by atoms with Gasteiger partial charge in [-0.2, -0.15) is 13.2 Å². The van der Waals surface area contributed by atoms with E-state index >= 15 is 0 Å². The average molecular weight is 631 g/mol. The number of ether oxygens (including phenoxy) is 1. The number of imidazole rings is 2. The maximum atomic E-state index is 12.9. The summed E-state index contributed by atoms with van der Waals surface area (Å²) in [6.45, 7) is 0. The molecular formula is C26H16BrClF3N7O2. The first-order chi connectivity index (χ1) is 19.1. The van der Waals surface area contributed by atoms with E-state index in [-0.39, 0.29) is 11.5 Å². The van der Waals surface area contributed by atoms with Crippen molar-refractivity contribution < 1.29 is 22.4 Å². The smallest absolute Gasteiger partial charge is 0.432 e. The van der Waals surface area contributed by atoms with Gasteiger partial charge in [-0.25, -0.2) is 9.97 Å². The van der Waals surface area contributed by atoms with Crippen molar-refractivity contribution in [3.8, 4) is 34.3 Å². The minimum absolute atomic E-state index is 0.0185. The second-order valence-electron chi connectivity index (χ2n) is 8.60. The number of alkyl halides is 3. The van der Waals surface area contributed by atoms with Crippen molar-refractivity contribution in [2.24, 2.45) is 7.05 Å². The third-order valence-corrected chi connectivity index (χ3v) is 6.62. The van der Waals surface area contributed by atoms with E-state index in [1.54, 1.807) is 30.3 Å². The van der Waals surface area contributed by atoms with Gasteiger partial charge in [0.2, 0.25) is 5.95 Å². The van der Waals surface area contributed by atoms with Crippen LogP contribution in [0.5, 0.6) is 11.5 Å². The first-order valence-electron chi connectivity index (χ1n) is 11.6. The summed E-state index contributed by atoms with van der Waals surface area (Å²) in [5.74, 6) is 1.92. The van der Waals surface area contributed by atoms with Crippen LogP contribution in [0.2, 0.25) is 5.02 Å². The van der Waals surface area contributed by atoms with Crippen LogP contribution in [0.15, 0.2) is 76.1 Å². The zero-order chi connectivity index (χ0) is 28.0. The monoisotopic (exact) mass is 629 g/mol. The molecule has 2 N–H and O–H groups in total. The van der Waals surface area contributed by atoms with Gasteiger partial charge >= 0.3 is 6.18 Å². The molecule has 0 bridgehead atoms. The summed E-state index contributed by atoms with van der Waals surface area (Å²) in [7, 11) is 1.87. The van der Waals surface area contributed by atoms with E-state index in [1.165, 1.54) is 12.3 Å². The summed E-state index contributed by atoms with van der Waals surface area (Å²) in [5.41, 5.74) is 2.15. The first-order valence-corrected chi connectivity index (χ1v) is 12.7. The van der Waals surface area contributed by atoms with Crippen LogP contribution in [0.4, 0.5) is 24.8 Å². The molecule has 0 radical (unpaired) electrons. The molecule has 0 aliphatic carbocycles. The number of benzene rings is 2. The van der Waals surface area contributed by atoms with Crippen molar-refractivity contribution in [2.75, 3.05) is 5.32 Å². The highest BCUT2D eigenvalue weighted by Crippen LogP contribution is 2.34. The second kappa shape index (κ2) is 9.99. The Morgan fingerprint density at radius 2 is 1.88 bits per heavy atom. The summed E-state index contributed by atoms with van der Waals surface area (Å²) in [6, 6.07) is 15.6. The SMILES string of the molecule is Cn1c(Nc2ccc(Cl)c(-c3cc(Br)no3)c2)nc2cc(Oc3ccnc(-c4ncc(C(F)(F)F)[nH]4)c3)ccc21. The Bertz CT molecular complexity index is 1870. The van der Waals surface area contributed by atoms with Gasteiger partial charge in [-0.1, -0.05) is 16.8 Å². The number of nitrogens with zero attached hydrogens (tertiary/aromatic N) is 5. The van der Waals surface area contributed by atoms with Crippen LogP contribution in [-0.2, 0) is 13.2 Å². The second-order valence-corrected chi connectivity index (χ2v) is 9.82. The topological polar surface area (TPSA) is 107 Å². The number of hydrogen-bond acceptors (Lipinski definition) is 7. The minimum atomic E-state index is -4.53. The Morgan fingerprint density at radius 1 is 1.05 bits per heavy atom. The molecule has 0 fully saturated rings. The molecule has 4 heterocycles. The molecule has 0 unspecified atom stereocenters. The van der Waals surface area contributed by atoms with Crippen molar-refractivity contribution in [1.82, 2.24) is 29.7 Å². The van der Waals surface area contributed by atoms with Crippen molar-refractivity contribution in [3.63, 3.8) is 0 Å². The van der Waals surface area contributed by atoms with Crippen molar-refractivity contribution in [2.45, 2.75) is 6.18 Å². The molecular weight excluding hydrogens is 615 g/mol. The lowest BCUT2D eigenvalue weighted by molar-refractivity contribution is -0.140. The number of aromatic amines is 1. The third-order valence-electron chi connectivity index (χ3n) is 5.91. The number of aromatic nitrogens is 6. The van der Waals surface area contributed by atoms with Crippen LogP contribution in [0.1, 0.15) is 5.69 Å². The molecule has 40 heavy (non-hydrogen) atoms. The summed E-state index contributed by atoms with van der Waals surface area (Å²) >= 11 is 9.64. The fourth-order valence-electron chi connectivity index (χ4n) is 3.99. The molecule has 9 nitrogen and oxygen atoms in total. The molecule has 0 amide bonds. The van der Waals surface area contributed by atoms with Crippen LogP contribution in [0, 0.1) is 0 Å². The summed E-state index contributed by atoms with van der Waals surface area (Å²) in [5, 5.41) is 7.64. The molecule has 14 heteroatoms. The Morgan fingerprint density at radius 3 is 2.62 bits per heavy atom. The normalized spacial score (nSPS) is 11.8. The minimum Gasteiger partial charge on any atom is -0.457 e. The first kappa shape index (κ1) is 25.9. The Labute approximate surface area is 237 Å². The molecule has 0 saturated heterocycles. The Hall–Kier alpha value is -4.36. The zero-order valence-electron chi connectivity index (χ0n) is 20.3. The predicted molar refractivity (Wildman–Crippen MR) is 146 cm³/mol. The van der Waals surface area contributed by atoms with Crippen molar-refractivity contribution >= 4 is 50.2 Å². The number of hydrogen-bond donors (Lipinski definition) is 2. The van der Waals surface area contributed by atoms with E-state index in [0.717, 1.165) is 17.4 Å². The largest absolute Gasteiger partial charge is 0.457 e. The third kappa shape index (κ3) is 5.12. The Kier molecular flexibility index (Phi) is 6.47. The molecule has 0 atom stereocenters. The van der Waals surface area contributed by atoms with Gasteiger partial charge in [0.1, 0.15) is 27.5 Å². The molecule has 2 aromatic carbocycles. The molecule has 202 valence electrons. The zero-order valence-corrected chi connectivity index (χ0v) is 22.6. The maximum absolute atomic E-state index is 12.9. The van der Waals surface area contributed by atoms with Gasteiger partial charge in [0.15, 0.2) is 11.6 Å².